The predicted molar refractivity (Wildman–Crippen MR) is 92.7 cm³/mol. The molecule has 3 rings (SSSR count). The average Bonchev–Trinajstić information content (AvgIpc) is 3.24. The summed E-state index contributed by atoms with van der Waals surface area (Å²) in [5.41, 5.74) is 2.38. The number of hydrogen-bond donors (Lipinski definition) is 1. The lowest BCUT2D eigenvalue weighted by Crippen LogP contribution is -2.30. The van der Waals surface area contributed by atoms with Crippen molar-refractivity contribution < 1.29 is 9.59 Å². The van der Waals surface area contributed by atoms with Gasteiger partial charge in [0.25, 0.3) is 0 Å². The molecule has 1 saturated carbocycles. The van der Waals surface area contributed by atoms with Crippen molar-refractivity contribution in [2.45, 2.75) is 38.6 Å². The third-order valence-electron chi connectivity index (χ3n) is 4.22. The molecule has 0 aliphatic heterocycles. The zero-order chi connectivity index (χ0) is 16.2. The normalized spacial score (nSPS) is 15.2. The number of aryl methyl sites for hydroxylation is 1. The highest BCUT2D eigenvalue weighted by Crippen LogP contribution is 2.41. The fourth-order valence-electron chi connectivity index (χ4n) is 2.71. The van der Waals surface area contributed by atoms with Gasteiger partial charge in [0, 0.05) is 12.8 Å². The second-order valence-electron chi connectivity index (χ2n) is 6.19. The predicted octanol–water partition coefficient (Wildman–Crippen LogP) is 4.29. The Labute approximate surface area is 140 Å². The second-order valence-corrected chi connectivity index (χ2v) is 7.14. The molecule has 1 atom stereocenters. The fraction of sp³-hybridized carbons (Fsp3) is 0.368. The van der Waals surface area contributed by atoms with Crippen molar-refractivity contribution in [1.29, 1.82) is 0 Å². The molecule has 4 heteroatoms. The first-order chi connectivity index (χ1) is 11.1. The molecular weight excluding hydrogens is 306 g/mol. The molecule has 23 heavy (non-hydrogen) atoms. The number of ketones is 1. The molecule has 0 bridgehead atoms. The maximum atomic E-state index is 12.2. The van der Waals surface area contributed by atoms with Crippen LogP contribution in [0.4, 0.5) is 0 Å². The third kappa shape index (κ3) is 4.29. The molecular formula is C19H21NO2S. The molecule has 1 fully saturated rings. The van der Waals surface area contributed by atoms with Gasteiger partial charge >= 0.3 is 0 Å². The first kappa shape index (κ1) is 15.9. The molecule has 0 spiro atoms. The molecule has 2 aromatic rings. The zero-order valence-corrected chi connectivity index (χ0v) is 14.1. The van der Waals surface area contributed by atoms with Crippen LogP contribution in [0.5, 0.6) is 0 Å². The van der Waals surface area contributed by atoms with Gasteiger partial charge in [-0.15, -0.1) is 11.3 Å². The van der Waals surface area contributed by atoms with Crippen LogP contribution in [0.25, 0.3) is 0 Å². The highest BCUT2D eigenvalue weighted by molar-refractivity contribution is 7.12. The van der Waals surface area contributed by atoms with Crippen LogP contribution in [0.15, 0.2) is 41.8 Å². The van der Waals surface area contributed by atoms with Crippen molar-refractivity contribution in [3.05, 3.63) is 57.8 Å². The van der Waals surface area contributed by atoms with Gasteiger partial charge < -0.3 is 5.32 Å². The van der Waals surface area contributed by atoms with Crippen molar-refractivity contribution in [3.63, 3.8) is 0 Å². The summed E-state index contributed by atoms with van der Waals surface area (Å²) in [6.45, 7) is 2.06. The Hall–Kier alpha value is -1.94. The van der Waals surface area contributed by atoms with Gasteiger partial charge in [0.1, 0.15) is 0 Å². The molecule has 0 radical (unpaired) electrons. The van der Waals surface area contributed by atoms with Crippen molar-refractivity contribution >= 4 is 23.0 Å². The summed E-state index contributed by atoms with van der Waals surface area (Å²) < 4.78 is 0. The lowest BCUT2D eigenvalue weighted by Gasteiger charge is -2.19. The van der Waals surface area contributed by atoms with E-state index < -0.39 is 0 Å². The minimum Gasteiger partial charge on any atom is -0.349 e. The van der Waals surface area contributed by atoms with Gasteiger partial charge in [-0.2, -0.15) is 0 Å². The summed E-state index contributed by atoms with van der Waals surface area (Å²) in [7, 11) is 0. The lowest BCUT2D eigenvalue weighted by atomic mass is 10.0. The van der Waals surface area contributed by atoms with Gasteiger partial charge in [-0.1, -0.05) is 35.9 Å². The van der Waals surface area contributed by atoms with Crippen LogP contribution in [0.1, 0.15) is 52.5 Å². The van der Waals surface area contributed by atoms with E-state index in [0.29, 0.717) is 5.92 Å². The standard InChI is InChI=1S/C19H21NO2S/c1-13-4-6-14(7-5-13)19(15-8-9-15)20-18(22)11-10-16(21)17-3-2-12-23-17/h2-7,12,15,19H,8-11H2,1H3,(H,20,22). The Morgan fingerprint density at radius 3 is 2.52 bits per heavy atom. The summed E-state index contributed by atoms with van der Waals surface area (Å²) in [4.78, 5) is 25.0. The number of benzene rings is 1. The van der Waals surface area contributed by atoms with Gasteiger partial charge in [-0.05, 0) is 42.7 Å². The Balaban J connectivity index is 1.56. The molecule has 1 aromatic carbocycles. The van der Waals surface area contributed by atoms with Gasteiger partial charge in [0.05, 0.1) is 10.9 Å². The van der Waals surface area contributed by atoms with Crippen molar-refractivity contribution in [3.8, 4) is 0 Å². The molecule has 1 aliphatic carbocycles. The van der Waals surface area contributed by atoms with Gasteiger partial charge in [-0.3, -0.25) is 9.59 Å². The third-order valence-corrected chi connectivity index (χ3v) is 5.13. The minimum absolute atomic E-state index is 0.0348. The first-order valence-corrected chi connectivity index (χ1v) is 8.94. The number of carbonyl (C=O) groups excluding carboxylic acids is 2. The van der Waals surface area contributed by atoms with Gasteiger partial charge in [-0.25, -0.2) is 0 Å². The largest absolute Gasteiger partial charge is 0.349 e. The Morgan fingerprint density at radius 2 is 1.91 bits per heavy atom. The van der Waals surface area contributed by atoms with Crippen LogP contribution in [-0.2, 0) is 4.79 Å². The Bertz CT molecular complexity index is 672. The smallest absolute Gasteiger partial charge is 0.220 e. The van der Waals surface area contributed by atoms with Crippen LogP contribution in [0.3, 0.4) is 0 Å². The number of amides is 1. The zero-order valence-electron chi connectivity index (χ0n) is 13.2. The number of nitrogens with one attached hydrogen (secondary N) is 1. The number of rotatable bonds is 7. The van der Waals surface area contributed by atoms with E-state index in [-0.39, 0.29) is 30.6 Å². The van der Waals surface area contributed by atoms with E-state index >= 15 is 0 Å². The number of hydrogen-bond acceptors (Lipinski definition) is 3. The summed E-state index contributed by atoms with van der Waals surface area (Å²) in [6, 6.07) is 12.1. The van der Waals surface area contributed by atoms with Crippen molar-refractivity contribution in [2.75, 3.05) is 0 Å². The van der Waals surface area contributed by atoms with E-state index in [1.807, 2.05) is 17.5 Å². The summed E-state index contributed by atoms with van der Waals surface area (Å²) in [5, 5.41) is 5.01. The van der Waals surface area contributed by atoms with Gasteiger partial charge in [0.2, 0.25) is 5.91 Å². The number of carbonyl (C=O) groups is 2. The second kappa shape index (κ2) is 7.09. The average molecular weight is 327 g/mol. The van der Waals surface area contributed by atoms with E-state index in [1.165, 1.54) is 16.9 Å². The maximum Gasteiger partial charge on any atom is 0.220 e. The van der Waals surface area contributed by atoms with E-state index in [2.05, 4.69) is 36.5 Å². The van der Waals surface area contributed by atoms with E-state index in [0.717, 1.165) is 23.3 Å². The van der Waals surface area contributed by atoms with Crippen LogP contribution in [0, 0.1) is 12.8 Å². The molecule has 0 saturated heterocycles. The summed E-state index contributed by atoms with van der Waals surface area (Å²) in [5.74, 6) is 0.551. The van der Waals surface area contributed by atoms with Gasteiger partial charge in [0.15, 0.2) is 5.78 Å². The summed E-state index contributed by atoms with van der Waals surface area (Å²) >= 11 is 1.43. The minimum atomic E-state index is -0.0348. The molecule has 1 unspecified atom stereocenters. The monoisotopic (exact) mass is 327 g/mol. The fourth-order valence-corrected chi connectivity index (χ4v) is 3.40. The lowest BCUT2D eigenvalue weighted by molar-refractivity contribution is -0.122. The van der Waals surface area contributed by atoms with Crippen LogP contribution in [-0.4, -0.2) is 11.7 Å². The molecule has 3 nitrogen and oxygen atoms in total. The molecule has 1 aromatic heterocycles. The van der Waals surface area contributed by atoms with E-state index in [4.69, 9.17) is 0 Å². The van der Waals surface area contributed by atoms with Crippen LogP contribution in [0.2, 0.25) is 0 Å². The number of thiophene rings is 1. The summed E-state index contributed by atoms with van der Waals surface area (Å²) in [6.07, 6.45) is 2.85. The van der Waals surface area contributed by atoms with E-state index in [9.17, 15) is 9.59 Å². The molecule has 1 heterocycles. The molecule has 1 N–H and O–H groups in total. The molecule has 1 aliphatic rings. The van der Waals surface area contributed by atoms with E-state index in [1.54, 1.807) is 0 Å². The van der Waals surface area contributed by atoms with Crippen LogP contribution < -0.4 is 5.32 Å². The van der Waals surface area contributed by atoms with Crippen molar-refractivity contribution in [1.82, 2.24) is 5.32 Å². The number of Topliss-reactive ketones (excluding diaryl/α,β-unsaturated/α-hetero) is 1. The molecule has 120 valence electrons. The van der Waals surface area contributed by atoms with Crippen LogP contribution >= 0.6 is 11.3 Å². The Morgan fingerprint density at radius 1 is 1.17 bits per heavy atom. The molecule has 1 amide bonds. The Kier molecular flexibility index (Phi) is 4.91. The quantitative estimate of drug-likeness (QED) is 0.771. The maximum absolute atomic E-state index is 12.2. The SMILES string of the molecule is Cc1ccc(C(NC(=O)CCC(=O)c2cccs2)C2CC2)cc1. The highest BCUT2D eigenvalue weighted by Gasteiger charge is 2.33. The van der Waals surface area contributed by atoms with Crippen molar-refractivity contribution in [2.24, 2.45) is 5.92 Å². The topological polar surface area (TPSA) is 46.2 Å². The first-order valence-electron chi connectivity index (χ1n) is 8.06. The highest BCUT2D eigenvalue weighted by atomic mass is 32.1.